The summed E-state index contributed by atoms with van der Waals surface area (Å²) in [6.45, 7) is 12.3. The number of unbranched alkanes of at least 4 members (excludes halogenated alkanes) is 17. The minimum Gasteiger partial charge on any atom is -0.394 e. The van der Waals surface area contributed by atoms with E-state index in [0.717, 1.165) is 18.7 Å². The van der Waals surface area contributed by atoms with E-state index in [1.807, 2.05) is 0 Å². The highest BCUT2D eigenvalue weighted by Crippen LogP contribution is 2.23. The molecule has 0 aliphatic heterocycles. The maximum atomic E-state index is 6.59. The molecule has 0 aromatic rings. The van der Waals surface area contributed by atoms with E-state index < -0.39 is 8.56 Å². The van der Waals surface area contributed by atoms with Crippen LogP contribution in [0.5, 0.6) is 0 Å². The van der Waals surface area contributed by atoms with E-state index in [0.29, 0.717) is 6.10 Å². The molecule has 0 saturated carbocycles. The van der Waals surface area contributed by atoms with Gasteiger partial charge in [0.1, 0.15) is 0 Å². The molecular formula is C29H62O2Si. The SMILES string of the molecule is CCCCCCCCCCCCCCCO[Si](CC)(CC)OC(C)CCCCCCCC. The lowest BCUT2D eigenvalue weighted by Crippen LogP contribution is -2.43. The van der Waals surface area contributed by atoms with Gasteiger partial charge >= 0.3 is 8.56 Å². The van der Waals surface area contributed by atoms with Crippen LogP contribution in [0.25, 0.3) is 0 Å². The zero-order valence-corrected chi connectivity index (χ0v) is 24.2. The van der Waals surface area contributed by atoms with Crippen LogP contribution in [0.1, 0.15) is 163 Å². The second-order valence-electron chi connectivity index (χ2n) is 10.2. The summed E-state index contributed by atoms with van der Waals surface area (Å²) in [5.74, 6) is 0. The van der Waals surface area contributed by atoms with Crippen LogP contribution >= 0.6 is 0 Å². The maximum absolute atomic E-state index is 6.59. The molecule has 0 radical (unpaired) electrons. The van der Waals surface area contributed by atoms with E-state index in [4.69, 9.17) is 8.85 Å². The van der Waals surface area contributed by atoms with Gasteiger partial charge in [0, 0.05) is 12.7 Å². The van der Waals surface area contributed by atoms with Crippen molar-refractivity contribution in [1.29, 1.82) is 0 Å². The first kappa shape index (κ1) is 32.1. The van der Waals surface area contributed by atoms with Crippen LogP contribution in [0.3, 0.4) is 0 Å². The smallest absolute Gasteiger partial charge is 0.337 e. The fourth-order valence-electron chi connectivity index (χ4n) is 4.67. The van der Waals surface area contributed by atoms with Crippen LogP contribution in [0, 0.1) is 0 Å². The lowest BCUT2D eigenvalue weighted by molar-refractivity contribution is 0.114. The van der Waals surface area contributed by atoms with Gasteiger partial charge in [-0.25, -0.2) is 0 Å². The number of rotatable bonds is 26. The van der Waals surface area contributed by atoms with Gasteiger partial charge in [-0.2, -0.15) is 0 Å². The van der Waals surface area contributed by atoms with Crippen molar-refractivity contribution in [3.05, 3.63) is 0 Å². The minimum absolute atomic E-state index is 0.361. The highest BCUT2D eigenvalue weighted by atomic mass is 28.4. The topological polar surface area (TPSA) is 18.5 Å². The molecule has 0 bridgehead atoms. The number of hydrogen-bond acceptors (Lipinski definition) is 2. The highest BCUT2D eigenvalue weighted by Gasteiger charge is 2.35. The Kier molecular flexibility index (Phi) is 24.4. The molecule has 0 spiro atoms. The maximum Gasteiger partial charge on any atom is 0.337 e. The fourth-order valence-corrected chi connectivity index (χ4v) is 7.35. The zero-order chi connectivity index (χ0) is 23.8. The van der Waals surface area contributed by atoms with Crippen LogP contribution in [0.15, 0.2) is 0 Å². The lowest BCUT2D eigenvalue weighted by Gasteiger charge is -2.32. The largest absolute Gasteiger partial charge is 0.394 e. The van der Waals surface area contributed by atoms with Gasteiger partial charge in [0.05, 0.1) is 0 Å². The van der Waals surface area contributed by atoms with Gasteiger partial charge in [-0.15, -0.1) is 0 Å². The zero-order valence-electron chi connectivity index (χ0n) is 23.2. The molecule has 0 amide bonds. The standard InChI is InChI=1S/C29H62O2Si/c1-6-10-12-14-16-17-18-19-20-21-22-24-26-28-30-32(8-3,9-4)31-29(5)27-25-23-15-13-11-7-2/h29H,6-28H2,1-5H3. The Hall–Kier alpha value is 0.137. The van der Waals surface area contributed by atoms with E-state index in [2.05, 4.69) is 34.6 Å². The monoisotopic (exact) mass is 470 g/mol. The van der Waals surface area contributed by atoms with Gasteiger partial charge in [0.15, 0.2) is 0 Å². The fraction of sp³-hybridized carbons (Fsp3) is 1.00. The van der Waals surface area contributed by atoms with Crippen molar-refractivity contribution in [3.63, 3.8) is 0 Å². The lowest BCUT2D eigenvalue weighted by atomic mass is 10.0. The Morgan fingerprint density at radius 2 is 0.875 bits per heavy atom. The molecule has 194 valence electrons. The van der Waals surface area contributed by atoms with Crippen LogP contribution in [0.4, 0.5) is 0 Å². The normalized spacial score (nSPS) is 13.0. The van der Waals surface area contributed by atoms with Crippen molar-refractivity contribution in [2.45, 2.75) is 181 Å². The van der Waals surface area contributed by atoms with Crippen molar-refractivity contribution in [1.82, 2.24) is 0 Å². The summed E-state index contributed by atoms with van der Waals surface area (Å²) in [7, 11) is -1.99. The summed E-state index contributed by atoms with van der Waals surface area (Å²) >= 11 is 0. The molecule has 0 fully saturated rings. The molecule has 0 aliphatic carbocycles. The molecule has 0 N–H and O–H groups in total. The summed E-state index contributed by atoms with van der Waals surface area (Å²) in [4.78, 5) is 0. The quantitative estimate of drug-likeness (QED) is 0.0924. The van der Waals surface area contributed by atoms with Crippen LogP contribution in [-0.4, -0.2) is 21.3 Å². The molecule has 1 unspecified atom stereocenters. The molecule has 0 aromatic carbocycles. The van der Waals surface area contributed by atoms with Crippen molar-refractivity contribution >= 4 is 8.56 Å². The molecule has 1 atom stereocenters. The number of hydrogen-bond donors (Lipinski definition) is 0. The summed E-state index contributed by atoms with van der Waals surface area (Å²) in [5.41, 5.74) is 0. The predicted molar refractivity (Wildman–Crippen MR) is 147 cm³/mol. The second-order valence-corrected chi connectivity index (χ2v) is 14.0. The molecule has 0 rings (SSSR count). The Bertz CT molecular complexity index is 357. The molecule has 32 heavy (non-hydrogen) atoms. The summed E-state index contributed by atoms with van der Waals surface area (Å²) in [5, 5.41) is 0. The third kappa shape index (κ3) is 19.6. The highest BCUT2D eigenvalue weighted by molar-refractivity contribution is 6.67. The first-order valence-electron chi connectivity index (χ1n) is 15.0. The summed E-state index contributed by atoms with van der Waals surface area (Å²) in [6.07, 6.45) is 28.0. The van der Waals surface area contributed by atoms with Gasteiger partial charge in [-0.3, -0.25) is 0 Å². The Labute approximate surface area is 205 Å². The van der Waals surface area contributed by atoms with Gasteiger partial charge < -0.3 is 8.85 Å². The third-order valence-electron chi connectivity index (χ3n) is 7.07. The second kappa shape index (κ2) is 24.3. The minimum atomic E-state index is -1.99. The molecule has 3 heteroatoms. The third-order valence-corrected chi connectivity index (χ3v) is 10.8. The molecule has 0 aliphatic rings. The van der Waals surface area contributed by atoms with Crippen molar-refractivity contribution in [2.75, 3.05) is 6.61 Å². The van der Waals surface area contributed by atoms with E-state index in [9.17, 15) is 0 Å². The van der Waals surface area contributed by atoms with E-state index in [1.165, 1.54) is 128 Å². The van der Waals surface area contributed by atoms with Crippen molar-refractivity contribution in [2.24, 2.45) is 0 Å². The van der Waals surface area contributed by atoms with Crippen LogP contribution in [-0.2, 0) is 8.85 Å². The van der Waals surface area contributed by atoms with Gasteiger partial charge in [-0.1, -0.05) is 143 Å². The molecule has 2 nitrogen and oxygen atoms in total. The van der Waals surface area contributed by atoms with Gasteiger partial charge in [0.2, 0.25) is 0 Å². The van der Waals surface area contributed by atoms with E-state index in [1.54, 1.807) is 0 Å². The Balaban J connectivity index is 3.72. The van der Waals surface area contributed by atoms with E-state index in [-0.39, 0.29) is 0 Å². The Morgan fingerprint density at radius 1 is 0.500 bits per heavy atom. The molecular weight excluding hydrogens is 408 g/mol. The van der Waals surface area contributed by atoms with Crippen molar-refractivity contribution < 1.29 is 8.85 Å². The van der Waals surface area contributed by atoms with Crippen molar-refractivity contribution in [3.8, 4) is 0 Å². The van der Waals surface area contributed by atoms with Gasteiger partial charge in [-0.05, 0) is 31.9 Å². The first-order valence-corrected chi connectivity index (χ1v) is 17.2. The summed E-state index contributed by atoms with van der Waals surface area (Å²) < 4.78 is 13.1. The van der Waals surface area contributed by atoms with E-state index >= 15 is 0 Å². The predicted octanol–water partition coefficient (Wildman–Crippen LogP) is 10.7. The van der Waals surface area contributed by atoms with Gasteiger partial charge in [0.25, 0.3) is 0 Å². The Morgan fingerprint density at radius 3 is 1.28 bits per heavy atom. The average molecular weight is 471 g/mol. The van der Waals surface area contributed by atoms with Crippen LogP contribution in [0.2, 0.25) is 12.1 Å². The molecule has 0 saturated heterocycles. The molecule has 0 aromatic heterocycles. The average Bonchev–Trinajstić information content (AvgIpc) is 2.80. The summed E-state index contributed by atoms with van der Waals surface area (Å²) in [6, 6.07) is 2.17. The molecule has 0 heterocycles. The van der Waals surface area contributed by atoms with Crippen LogP contribution < -0.4 is 0 Å². The first-order chi connectivity index (χ1) is 15.6.